The Labute approximate surface area is 388 Å². The second kappa shape index (κ2) is 16.0. The highest BCUT2D eigenvalue weighted by Gasteiger charge is 2.24. The SMILES string of the molecule is c1ccc(-c2cc(-c3ccccc3)nc(-n3c4ccccc4c4c(-c5nnc(-c6cccc7c6c6ccccc6n7-c6nc(-c7ccccc7)cc(-c7ccccc7)n6)s5)cccc43)n2)cc1. The topological polar surface area (TPSA) is 87.2 Å². The van der Waals surface area contributed by atoms with Gasteiger partial charge in [0.15, 0.2) is 0 Å². The zero-order valence-corrected chi connectivity index (χ0v) is 36.6. The predicted molar refractivity (Wildman–Crippen MR) is 272 cm³/mol. The Morgan fingerprint density at radius 3 is 0.970 bits per heavy atom. The average molecular weight is 877 g/mol. The van der Waals surface area contributed by atoms with Gasteiger partial charge in [-0.05, 0) is 36.4 Å². The van der Waals surface area contributed by atoms with E-state index in [4.69, 9.17) is 30.1 Å². The molecule has 0 aliphatic rings. The molecule has 0 aliphatic heterocycles. The number of rotatable bonds is 8. The molecule has 0 radical (unpaired) electrons. The standard InChI is InChI=1S/C58H36N8S/c1-5-19-37(20-6-1)45-35-46(38-21-7-2-8-22-38)60-57(59-45)65-49-31-15-13-27-41(49)53-43(29-17-33-51(53)65)55-63-64-56(67-55)44-30-18-34-52-54(44)42-28-14-16-32-50(42)66(52)58-61-47(39-23-9-3-10-24-39)36-48(62-58)40-25-11-4-12-26-40/h1-36H. The van der Waals surface area contributed by atoms with Gasteiger partial charge in [0.2, 0.25) is 11.9 Å². The second-order valence-corrected chi connectivity index (χ2v) is 17.3. The highest BCUT2D eigenvalue weighted by molar-refractivity contribution is 7.18. The molecule has 0 bridgehead atoms. The van der Waals surface area contributed by atoms with Crippen molar-refractivity contribution in [1.29, 1.82) is 0 Å². The maximum absolute atomic E-state index is 5.25. The Morgan fingerprint density at radius 1 is 0.299 bits per heavy atom. The zero-order valence-electron chi connectivity index (χ0n) is 35.8. The number of nitrogens with zero attached hydrogens (tertiary/aromatic N) is 8. The van der Waals surface area contributed by atoms with Crippen LogP contribution in [0.3, 0.4) is 0 Å². The van der Waals surface area contributed by atoms with E-state index in [1.807, 2.05) is 72.8 Å². The summed E-state index contributed by atoms with van der Waals surface area (Å²) in [6, 6.07) is 75.1. The smallest absolute Gasteiger partial charge is 0.235 e. The molecule has 5 aromatic heterocycles. The molecule has 5 heterocycles. The third kappa shape index (κ3) is 6.59. The number of hydrogen-bond donors (Lipinski definition) is 0. The van der Waals surface area contributed by atoms with Crippen LogP contribution in [0.5, 0.6) is 0 Å². The summed E-state index contributed by atoms with van der Waals surface area (Å²) in [5, 5.41) is 15.8. The molecule has 0 amide bonds. The minimum Gasteiger partial charge on any atom is -0.278 e. The van der Waals surface area contributed by atoms with Crippen molar-refractivity contribution in [1.82, 2.24) is 39.3 Å². The van der Waals surface area contributed by atoms with Crippen molar-refractivity contribution < 1.29 is 0 Å². The lowest BCUT2D eigenvalue weighted by atomic mass is 10.1. The van der Waals surface area contributed by atoms with Crippen LogP contribution in [-0.4, -0.2) is 39.3 Å². The first-order chi connectivity index (χ1) is 33.2. The van der Waals surface area contributed by atoms with Crippen molar-refractivity contribution >= 4 is 54.9 Å². The highest BCUT2D eigenvalue weighted by Crippen LogP contribution is 2.44. The number of aromatic nitrogens is 8. The van der Waals surface area contributed by atoms with Gasteiger partial charge in [0.05, 0.1) is 44.8 Å². The van der Waals surface area contributed by atoms with Crippen LogP contribution < -0.4 is 0 Å². The van der Waals surface area contributed by atoms with E-state index < -0.39 is 0 Å². The number of hydrogen-bond acceptors (Lipinski definition) is 7. The third-order valence-electron chi connectivity index (χ3n) is 12.4. The maximum Gasteiger partial charge on any atom is 0.235 e. The molecule has 0 fully saturated rings. The van der Waals surface area contributed by atoms with Crippen LogP contribution in [0, 0.1) is 0 Å². The molecule has 0 unspecified atom stereocenters. The van der Waals surface area contributed by atoms with Gasteiger partial charge in [0, 0.05) is 54.9 Å². The Balaban J connectivity index is 0.977. The monoisotopic (exact) mass is 876 g/mol. The van der Waals surface area contributed by atoms with Gasteiger partial charge in [-0.25, -0.2) is 19.9 Å². The van der Waals surface area contributed by atoms with Crippen molar-refractivity contribution in [3.05, 3.63) is 218 Å². The summed E-state index contributed by atoms with van der Waals surface area (Å²) in [5.41, 5.74) is 13.5. The molecule has 314 valence electrons. The first-order valence-corrected chi connectivity index (χ1v) is 22.9. The van der Waals surface area contributed by atoms with Crippen molar-refractivity contribution in [3.8, 4) is 78.1 Å². The molecule has 8 aromatic carbocycles. The summed E-state index contributed by atoms with van der Waals surface area (Å²) in [6.07, 6.45) is 0. The first-order valence-electron chi connectivity index (χ1n) is 22.1. The fourth-order valence-electron chi connectivity index (χ4n) is 9.36. The van der Waals surface area contributed by atoms with E-state index >= 15 is 0 Å². The van der Waals surface area contributed by atoms with E-state index in [1.54, 1.807) is 11.3 Å². The maximum atomic E-state index is 5.25. The van der Waals surface area contributed by atoms with Crippen LogP contribution >= 0.6 is 11.3 Å². The van der Waals surface area contributed by atoms with E-state index in [2.05, 4.69) is 155 Å². The fraction of sp³-hybridized carbons (Fsp3) is 0. The molecule has 8 nitrogen and oxygen atoms in total. The third-order valence-corrected chi connectivity index (χ3v) is 13.4. The highest BCUT2D eigenvalue weighted by atomic mass is 32.1. The molecule has 0 spiro atoms. The van der Waals surface area contributed by atoms with Gasteiger partial charge in [0.25, 0.3) is 0 Å². The average Bonchev–Trinajstić information content (AvgIpc) is 4.13. The lowest BCUT2D eigenvalue weighted by Crippen LogP contribution is -2.04. The fourth-order valence-corrected chi connectivity index (χ4v) is 10.3. The molecule has 13 aromatic rings. The van der Waals surface area contributed by atoms with Crippen LogP contribution in [-0.2, 0) is 0 Å². The van der Waals surface area contributed by atoms with Gasteiger partial charge in [-0.3, -0.25) is 9.13 Å². The number of benzene rings is 8. The van der Waals surface area contributed by atoms with E-state index in [9.17, 15) is 0 Å². The lowest BCUT2D eigenvalue weighted by molar-refractivity contribution is 0.995. The van der Waals surface area contributed by atoms with Gasteiger partial charge < -0.3 is 0 Å². The summed E-state index contributed by atoms with van der Waals surface area (Å²) in [7, 11) is 0. The van der Waals surface area contributed by atoms with Crippen LogP contribution in [0.2, 0.25) is 0 Å². The minimum atomic E-state index is 0.596. The van der Waals surface area contributed by atoms with Crippen molar-refractivity contribution in [2.45, 2.75) is 0 Å². The normalized spacial score (nSPS) is 11.6. The summed E-state index contributed by atoms with van der Waals surface area (Å²) < 4.78 is 4.37. The summed E-state index contributed by atoms with van der Waals surface area (Å²) in [4.78, 5) is 21.0. The van der Waals surface area contributed by atoms with Gasteiger partial charge >= 0.3 is 0 Å². The Kier molecular flexibility index (Phi) is 9.17. The van der Waals surface area contributed by atoms with E-state index in [-0.39, 0.29) is 0 Å². The Morgan fingerprint density at radius 2 is 0.612 bits per heavy atom. The summed E-state index contributed by atoms with van der Waals surface area (Å²) in [5.74, 6) is 1.19. The minimum absolute atomic E-state index is 0.596. The molecule has 0 N–H and O–H groups in total. The van der Waals surface area contributed by atoms with Crippen LogP contribution in [0.1, 0.15) is 0 Å². The molecular formula is C58H36N8S. The quantitative estimate of drug-likeness (QED) is 0.151. The molecular weight excluding hydrogens is 841 g/mol. The molecule has 0 atom stereocenters. The van der Waals surface area contributed by atoms with Gasteiger partial charge in [-0.15, -0.1) is 10.2 Å². The van der Waals surface area contributed by atoms with Crippen LogP contribution in [0.25, 0.3) is 122 Å². The Hall–Kier alpha value is -8.92. The van der Waals surface area contributed by atoms with E-state index in [1.165, 1.54) is 0 Å². The molecule has 0 aliphatic carbocycles. The first kappa shape index (κ1) is 38.5. The van der Waals surface area contributed by atoms with Crippen molar-refractivity contribution in [2.24, 2.45) is 0 Å². The molecule has 0 saturated heterocycles. The zero-order chi connectivity index (χ0) is 44.3. The van der Waals surface area contributed by atoms with E-state index in [0.29, 0.717) is 11.9 Å². The second-order valence-electron chi connectivity index (χ2n) is 16.4. The molecule has 67 heavy (non-hydrogen) atoms. The number of para-hydroxylation sites is 2. The van der Waals surface area contributed by atoms with Gasteiger partial charge in [-0.1, -0.05) is 193 Å². The van der Waals surface area contributed by atoms with Crippen molar-refractivity contribution in [3.63, 3.8) is 0 Å². The molecule has 9 heteroatoms. The molecule has 0 saturated carbocycles. The largest absolute Gasteiger partial charge is 0.278 e. The van der Waals surface area contributed by atoms with Gasteiger partial charge in [0.1, 0.15) is 10.0 Å². The lowest BCUT2D eigenvalue weighted by Gasteiger charge is -2.12. The van der Waals surface area contributed by atoms with Crippen LogP contribution in [0.15, 0.2) is 218 Å². The molecule has 13 rings (SSSR count). The van der Waals surface area contributed by atoms with Crippen LogP contribution in [0.4, 0.5) is 0 Å². The van der Waals surface area contributed by atoms with Gasteiger partial charge in [-0.2, -0.15) is 0 Å². The summed E-state index contributed by atoms with van der Waals surface area (Å²) in [6.45, 7) is 0. The van der Waals surface area contributed by atoms with Crippen molar-refractivity contribution in [2.75, 3.05) is 0 Å². The summed E-state index contributed by atoms with van der Waals surface area (Å²) >= 11 is 1.59. The number of fused-ring (bicyclic) bond motifs is 6. The Bertz CT molecular complexity index is 3600. The predicted octanol–water partition coefficient (Wildman–Crippen LogP) is 14.3. The van der Waals surface area contributed by atoms with E-state index in [0.717, 1.165) is 110 Å².